The second-order valence-corrected chi connectivity index (χ2v) is 7.31. The second-order valence-electron chi connectivity index (χ2n) is 6.83. The van der Waals surface area contributed by atoms with Gasteiger partial charge in [0.2, 0.25) is 0 Å². The zero-order valence-electron chi connectivity index (χ0n) is 17.3. The number of thiol groups is 1. The molecule has 0 heterocycles. The van der Waals surface area contributed by atoms with Crippen molar-refractivity contribution in [3.63, 3.8) is 0 Å². The largest absolute Gasteiger partial charge is 0.348 e. The van der Waals surface area contributed by atoms with E-state index in [-0.39, 0.29) is 36.3 Å². The Balaban J connectivity index is 1.85. The Hall–Kier alpha value is -3.80. The number of amides is 2. The van der Waals surface area contributed by atoms with Crippen molar-refractivity contribution in [1.29, 1.82) is 5.26 Å². The Kier molecular flexibility index (Phi) is 7.49. The van der Waals surface area contributed by atoms with Gasteiger partial charge < -0.3 is 15.1 Å². The topological polar surface area (TPSA) is 103 Å². The summed E-state index contributed by atoms with van der Waals surface area (Å²) in [4.78, 5) is 32.2. The fourth-order valence-electron chi connectivity index (χ4n) is 3.15. The molecular weight excluding hydrogens is 426 g/mol. The van der Waals surface area contributed by atoms with Crippen LogP contribution in [0.2, 0.25) is 0 Å². The standard InChI is InChI=1S/C24H21N3O4S/c1-2-27(24(29)19-5-3-4-6-22(19)32)20-13-18(11-12-21(20)31-30)23(28)26-15-17-9-7-16(14-25)8-10-17/h3-13,30,32H,2,15H2,1H3,(H,26,28). The first kappa shape index (κ1) is 22.9. The first-order valence-corrected chi connectivity index (χ1v) is 10.3. The van der Waals surface area contributed by atoms with Crippen molar-refractivity contribution in [3.05, 3.63) is 89.0 Å². The highest BCUT2D eigenvalue weighted by Gasteiger charge is 2.23. The van der Waals surface area contributed by atoms with Crippen LogP contribution in [0.25, 0.3) is 0 Å². The lowest BCUT2D eigenvalue weighted by Crippen LogP contribution is -2.32. The third-order valence-electron chi connectivity index (χ3n) is 4.84. The second kappa shape index (κ2) is 10.5. The zero-order chi connectivity index (χ0) is 23.1. The number of rotatable bonds is 7. The molecule has 0 aliphatic heterocycles. The lowest BCUT2D eigenvalue weighted by molar-refractivity contribution is -0.137. The molecule has 3 rings (SSSR count). The van der Waals surface area contributed by atoms with Crippen LogP contribution in [0.15, 0.2) is 71.6 Å². The predicted molar refractivity (Wildman–Crippen MR) is 123 cm³/mol. The number of nitrogens with one attached hydrogen (secondary N) is 1. The molecule has 162 valence electrons. The molecule has 0 fully saturated rings. The number of carbonyl (C=O) groups is 2. The van der Waals surface area contributed by atoms with E-state index in [9.17, 15) is 14.8 Å². The van der Waals surface area contributed by atoms with E-state index < -0.39 is 0 Å². The molecule has 0 aliphatic carbocycles. The molecule has 2 amide bonds. The van der Waals surface area contributed by atoms with E-state index >= 15 is 0 Å². The van der Waals surface area contributed by atoms with Crippen molar-refractivity contribution in [2.24, 2.45) is 0 Å². The summed E-state index contributed by atoms with van der Waals surface area (Å²) in [6.07, 6.45) is 0. The van der Waals surface area contributed by atoms with Crippen LogP contribution in [0.3, 0.4) is 0 Å². The molecule has 0 unspecified atom stereocenters. The molecule has 0 aromatic heterocycles. The molecule has 8 heteroatoms. The van der Waals surface area contributed by atoms with Gasteiger partial charge in [0.1, 0.15) is 0 Å². The van der Waals surface area contributed by atoms with Crippen LogP contribution in [0, 0.1) is 11.3 Å². The van der Waals surface area contributed by atoms with Crippen LogP contribution in [0.1, 0.15) is 38.8 Å². The summed E-state index contributed by atoms with van der Waals surface area (Å²) in [7, 11) is 0. The molecule has 2 N–H and O–H groups in total. The predicted octanol–water partition coefficient (Wildman–Crippen LogP) is 4.30. The Labute approximate surface area is 191 Å². The third-order valence-corrected chi connectivity index (χ3v) is 5.23. The molecule has 32 heavy (non-hydrogen) atoms. The van der Waals surface area contributed by atoms with E-state index in [1.165, 1.54) is 23.1 Å². The lowest BCUT2D eigenvalue weighted by atomic mass is 10.1. The number of hydrogen-bond donors (Lipinski definition) is 3. The Morgan fingerprint density at radius 1 is 1.12 bits per heavy atom. The fourth-order valence-corrected chi connectivity index (χ4v) is 3.41. The molecule has 0 saturated heterocycles. The van der Waals surface area contributed by atoms with Gasteiger partial charge in [0.25, 0.3) is 11.8 Å². The minimum atomic E-state index is -0.363. The zero-order valence-corrected chi connectivity index (χ0v) is 18.2. The number of carbonyl (C=O) groups excluding carboxylic acids is 2. The summed E-state index contributed by atoms with van der Waals surface area (Å²) in [5.74, 6) is -0.662. The SMILES string of the molecule is CCN(C(=O)c1ccccc1S)c1cc(C(=O)NCc2ccc(C#N)cc2)ccc1OO. The van der Waals surface area contributed by atoms with Gasteiger partial charge in [-0.05, 0) is 55.0 Å². The van der Waals surface area contributed by atoms with Crippen LogP contribution in [0.5, 0.6) is 5.75 Å². The highest BCUT2D eigenvalue weighted by atomic mass is 32.1. The van der Waals surface area contributed by atoms with Crippen molar-refractivity contribution in [1.82, 2.24) is 5.32 Å². The van der Waals surface area contributed by atoms with E-state index in [1.54, 1.807) is 55.5 Å². The maximum Gasteiger partial charge on any atom is 0.259 e. The summed E-state index contributed by atoms with van der Waals surface area (Å²) in [5, 5.41) is 21.0. The van der Waals surface area contributed by atoms with Crippen LogP contribution in [-0.4, -0.2) is 23.6 Å². The van der Waals surface area contributed by atoms with Crippen molar-refractivity contribution in [3.8, 4) is 11.8 Å². The molecule has 0 aliphatic rings. The Bertz CT molecular complexity index is 1170. The lowest BCUT2D eigenvalue weighted by Gasteiger charge is -2.23. The first-order valence-electron chi connectivity index (χ1n) is 9.81. The van der Waals surface area contributed by atoms with Gasteiger partial charge in [0.15, 0.2) is 5.75 Å². The molecule has 3 aromatic carbocycles. The maximum absolute atomic E-state index is 13.1. The Morgan fingerprint density at radius 3 is 2.47 bits per heavy atom. The van der Waals surface area contributed by atoms with E-state index in [0.717, 1.165) is 5.56 Å². The van der Waals surface area contributed by atoms with E-state index in [4.69, 9.17) is 5.26 Å². The van der Waals surface area contributed by atoms with E-state index in [2.05, 4.69) is 22.8 Å². The maximum atomic E-state index is 13.1. The fraction of sp³-hybridized carbons (Fsp3) is 0.125. The molecule has 7 nitrogen and oxygen atoms in total. The molecule has 0 atom stereocenters. The summed E-state index contributed by atoms with van der Waals surface area (Å²) < 4.78 is 0. The number of benzene rings is 3. The van der Waals surface area contributed by atoms with Gasteiger partial charge in [-0.25, -0.2) is 5.26 Å². The molecule has 0 bridgehead atoms. The van der Waals surface area contributed by atoms with E-state index in [1.807, 2.05) is 6.07 Å². The number of nitriles is 1. The average Bonchev–Trinajstić information content (AvgIpc) is 2.83. The molecule has 0 radical (unpaired) electrons. The quantitative estimate of drug-likeness (QED) is 0.285. The van der Waals surface area contributed by atoms with Gasteiger partial charge in [-0.1, -0.05) is 24.3 Å². The Morgan fingerprint density at radius 2 is 1.84 bits per heavy atom. The summed E-state index contributed by atoms with van der Waals surface area (Å²) >= 11 is 4.35. The summed E-state index contributed by atoms with van der Waals surface area (Å²) in [6, 6.07) is 20.2. The van der Waals surface area contributed by atoms with Gasteiger partial charge in [-0.15, -0.1) is 12.6 Å². The normalized spacial score (nSPS) is 10.2. The highest BCUT2D eigenvalue weighted by Crippen LogP contribution is 2.31. The minimum Gasteiger partial charge on any atom is -0.348 e. The van der Waals surface area contributed by atoms with Crippen molar-refractivity contribution in [2.45, 2.75) is 18.4 Å². The van der Waals surface area contributed by atoms with Crippen LogP contribution in [-0.2, 0) is 6.54 Å². The van der Waals surface area contributed by atoms with Crippen LogP contribution < -0.4 is 15.1 Å². The van der Waals surface area contributed by atoms with E-state index in [0.29, 0.717) is 21.6 Å². The van der Waals surface area contributed by atoms with Gasteiger partial charge >= 0.3 is 0 Å². The number of nitrogens with zero attached hydrogens (tertiary/aromatic N) is 2. The number of hydrogen-bond acceptors (Lipinski definition) is 6. The van der Waals surface area contributed by atoms with Crippen LogP contribution >= 0.6 is 12.6 Å². The summed E-state index contributed by atoms with van der Waals surface area (Å²) in [5.41, 5.74) is 2.31. The molecular formula is C24H21N3O4S. The average molecular weight is 448 g/mol. The molecule has 0 saturated carbocycles. The van der Waals surface area contributed by atoms with Gasteiger partial charge in [-0.2, -0.15) is 5.26 Å². The van der Waals surface area contributed by atoms with Crippen molar-refractivity contribution in [2.75, 3.05) is 11.4 Å². The van der Waals surface area contributed by atoms with Gasteiger partial charge in [-0.3, -0.25) is 9.59 Å². The molecule has 3 aromatic rings. The van der Waals surface area contributed by atoms with Gasteiger partial charge in [0, 0.05) is 23.5 Å². The first-order chi connectivity index (χ1) is 15.5. The number of anilines is 1. The summed E-state index contributed by atoms with van der Waals surface area (Å²) in [6.45, 7) is 2.31. The van der Waals surface area contributed by atoms with Gasteiger partial charge in [0.05, 0.1) is 22.9 Å². The van der Waals surface area contributed by atoms with Crippen molar-refractivity contribution < 1.29 is 19.7 Å². The minimum absolute atomic E-state index is 0.0421. The van der Waals surface area contributed by atoms with Crippen LogP contribution in [0.4, 0.5) is 5.69 Å². The smallest absolute Gasteiger partial charge is 0.259 e. The third kappa shape index (κ3) is 5.09. The monoisotopic (exact) mass is 447 g/mol. The molecule has 0 spiro atoms. The van der Waals surface area contributed by atoms with Crippen molar-refractivity contribution >= 4 is 30.1 Å². The highest BCUT2D eigenvalue weighted by molar-refractivity contribution is 7.80.